The average Bonchev–Trinajstić information content (AvgIpc) is 2.68. The van der Waals surface area contributed by atoms with Crippen molar-refractivity contribution in [2.24, 2.45) is 0 Å². The van der Waals surface area contributed by atoms with Crippen molar-refractivity contribution in [3.05, 3.63) is 59.3 Å². The van der Waals surface area contributed by atoms with Crippen molar-refractivity contribution in [1.29, 1.82) is 0 Å². The zero-order valence-corrected chi connectivity index (χ0v) is 14.7. The molecule has 2 aromatic rings. The summed E-state index contributed by atoms with van der Waals surface area (Å²) < 4.78 is 26.0. The highest BCUT2D eigenvalue weighted by Crippen LogP contribution is 2.17. The molecule has 138 valence electrons. The van der Waals surface area contributed by atoms with Gasteiger partial charge in [0.2, 0.25) is 5.91 Å². The third kappa shape index (κ3) is 5.00. The summed E-state index contributed by atoms with van der Waals surface area (Å²) in [5.41, 5.74) is 1.54. The molecule has 26 heavy (non-hydrogen) atoms. The summed E-state index contributed by atoms with van der Waals surface area (Å²) in [5.74, 6) is -0.908. The first-order chi connectivity index (χ1) is 12.6. The second-order valence-corrected chi connectivity index (χ2v) is 6.60. The first-order valence-electron chi connectivity index (χ1n) is 9.02. The Morgan fingerprint density at radius 2 is 1.81 bits per heavy atom. The molecule has 0 aliphatic carbocycles. The minimum Gasteiger partial charge on any atom is -0.357 e. The number of anilines is 1. The number of hydrogen-bond acceptors (Lipinski definition) is 3. The number of pyridine rings is 1. The van der Waals surface area contributed by atoms with E-state index in [1.54, 1.807) is 6.20 Å². The number of nitrogens with one attached hydrogen (secondary N) is 1. The number of rotatable bonds is 6. The van der Waals surface area contributed by atoms with Crippen molar-refractivity contribution in [2.75, 3.05) is 18.0 Å². The van der Waals surface area contributed by atoms with Gasteiger partial charge in [-0.3, -0.25) is 4.79 Å². The smallest absolute Gasteiger partial charge is 0.220 e. The van der Waals surface area contributed by atoms with Gasteiger partial charge in [-0.05, 0) is 55.0 Å². The van der Waals surface area contributed by atoms with E-state index in [0.29, 0.717) is 18.5 Å². The van der Waals surface area contributed by atoms with Gasteiger partial charge in [0.25, 0.3) is 0 Å². The SMILES string of the molecule is O=C(CCc1ccc(F)c(F)c1)NCc1ccc(N2CCCCC2)nc1. The van der Waals surface area contributed by atoms with E-state index in [1.807, 2.05) is 12.1 Å². The van der Waals surface area contributed by atoms with E-state index >= 15 is 0 Å². The summed E-state index contributed by atoms with van der Waals surface area (Å²) >= 11 is 0. The Balaban J connectivity index is 1.44. The highest BCUT2D eigenvalue weighted by molar-refractivity contribution is 5.76. The van der Waals surface area contributed by atoms with E-state index in [-0.39, 0.29) is 12.3 Å². The van der Waals surface area contributed by atoms with Gasteiger partial charge in [0, 0.05) is 32.3 Å². The molecule has 1 N–H and O–H groups in total. The fraction of sp³-hybridized carbons (Fsp3) is 0.400. The Bertz CT molecular complexity index is 743. The number of nitrogens with zero attached hydrogens (tertiary/aromatic N) is 2. The van der Waals surface area contributed by atoms with Crippen LogP contribution in [0.1, 0.15) is 36.8 Å². The number of benzene rings is 1. The minimum atomic E-state index is -0.886. The van der Waals surface area contributed by atoms with Crippen molar-refractivity contribution in [3.63, 3.8) is 0 Å². The van der Waals surface area contributed by atoms with Gasteiger partial charge >= 0.3 is 0 Å². The zero-order valence-electron chi connectivity index (χ0n) is 14.7. The van der Waals surface area contributed by atoms with E-state index in [2.05, 4.69) is 15.2 Å². The fourth-order valence-corrected chi connectivity index (χ4v) is 3.07. The summed E-state index contributed by atoms with van der Waals surface area (Å²) in [4.78, 5) is 18.7. The Hall–Kier alpha value is -2.50. The van der Waals surface area contributed by atoms with Crippen molar-refractivity contribution < 1.29 is 13.6 Å². The predicted octanol–water partition coefficient (Wildman–Crippen LogP) is 3.60. The number of carbonyl (C=O) groups is 1. The van der Waals surface area contributed by atoms with E-state index in [9.17, 15) is 13.6 Å². The standard InChI is InChI=1S/C20H23F2N3O/c21-17-7-4-15(12-18(17)22)6-9-20(26)24-14-16-5-8-19(23-13-16)25-10-2-1-3-11-25/h4-5,7-8,12-13H,1-3,6,9-11,14H2,(H,24,26). The van der Waals surface area contributed by atoms with Gasteiger partial charge < -0.3 is 10.2 Å². The molecule has 1 aliphatic rings. The van der Waals surface area contributed by atoms with Crippen LogP contribution < -0.4 is 10.2 Å². The van der Waals surface area contributed by atoms with Gasteiger partial charge in [-0.1, -0.05) is 12.1 Å². The molecule has 0 spiro atoms. The molecule has 1 amide bonds. The van der Waals surface area contributed by atoms with Crippen molar-refractivity contribution in [1.82, 2.24) is 10.3 Å². The zero-order chi connectivity index (χ0) is 18.4. The average molecular weight is 359 g/mol. The number of aryl methyl sites for hydroxylation is 1. The lowest BCUT2D eigenvalue weighted by molar-refractivity contribution is -0.121. The third-order valence-corrected chi connectivity index (χ3v) is 4.60. The van der Waals surface area contributed by atoms with Crippen LogP contribution >= 0.6 is 0 Å². The first kappa shape index (κ1) is 18.3. The summed E-state index contributed by atoms with van der Waals surface area (Å²) in [6.45, 7) is 2.50. The summed E-state index contributed by atoms with van der Waals surface area (Å²) in [5, 5.41) is 2.83. The molecule has 1 fully saturated rings. The van der Waals surface area contributed by atoms with Crippen LogP contribution in [0.15, 0.2) is 36.5 Å². The molecular formula is C20H23F2N3O. The van der Waals surface area contributed by atoms with Crippen LogP contribution in [0.5, 0.6) is 0 Å². The number of aromatic nitrogens is 1. The lowest BCUT2D eigenvalue weighted by atomic mass is 10.1. The predicted molar refractivity (Wildman–Crippen MR) is 96.8 cm³/mol. The van der Waals surface area contributed by atoms with Crippen LogP contribution in [-0.4, -0.2) is 24.0 Å². The van der Waals surface area contributed by atoms with Crippen LogP contribution in [0.4, 0.5) is 14.6 Å². The Morgan fingerprint density at radius 1 is 1.04 bits per heavy atom. The number of carbonyl (C=O) groups excluding carboxylic acids is 1. The van der Waals surface area contributed by atoms with E-state index in [1.165, 1.54) is 25.3 Å². The maximum atomic E-state index is 13.2. The fourth-order valence-electron chi connectivity index (χ4n) is 3.07. The summed E-state index contributed by atoms with van der Waals surface area (Å²) in [6, 6.07) is 7.68. The van der Waals surface area contributed by atoms with Gasteiger partial charge in [0.1, 0.15) is 5.82 Å². The van der Waals surface area contributed by atoms with E-state index < -0.39 is 11.6 Å². The Labute approximate surface area is 152 Å². The lowest BCUT2D eigenvalue weighted by Crippen LogP contribution is -2.30. The molecule has 1 aromatic heterocycles. The second kappa shape index (κ2) is 8.74. The molecule has 2 heterocycles. The molecule has 0 bridgehead atoms. The maximum absolute atomic E-state index is 13.2. The van der Waals surface area contributed by atoms with Gasteiger partial charge in [0.15, 0.2) is 11.6 Å². The molecule has 1 aliphatic heterocycles. The quantitative estimate of drug-likeness (QED) is 0.857. The highest BCUT2D eigenvalue weighted by atomic mass is 19.2. The first-order valence-corrected chi connectivity index (χ1v) is 9.02. The highest BCUT2D eigenvalue weighted by Gasteiger charge is 2.12. The molecule has 0 radical (unpaired) electrons. The van der Waals surface area contributed by atoms with Gasteiger partial charge in [-0.25, -0.2) is 13.8 Å². The summed E-state index contributed by atoms with van der Waals surface area (Å²) in [7, 11) is 0. The van der Waals surface area contributed by atoms with Crippen LogP contribution in [0.25, 0.3) is 0 Å². The monoisotopic (exact) mass is 359 g/mol. The van der Waals surface area contributed by atoms with Crippen LogP contribution in [0, 0.1) is 11.6 Å². The van der Waals surface area contributed by atoms with E-state index in [0.717, 1.165) is 36.6 Å². The van der Waals surface area contributed by atoms with Crippen molar-refractivity contribution in [2.45, 2.75) is 38.6 Å². The van der Waals surface area contributed by atoms with Gasteiger partial charge in [-0.2, -0.15) is 0 Å². The number of piperidine rings is 1. The maximum Gasteiger partial charge on any atom is 0.220 e. The molecule has 1 aromatic carbocycles. The molecule has 3 rings (SSSR count). The number of amides is 1. The Kier molecular flexibility index (Phi) is 6.15. The largest absolute Gasteiger partial charge is 0.357 e. The topological polar surface area (TPSA) is 45.2 Å². The van der Waals surface area contributed by atoms with E-state index in [4.69, 9.17) is 0 Å². The lowest BCUT2D eigenvalue weighted by Gasteiger charge is -2.27. The van der Waals surface area contributed by atoms with Crippen LogP contribution in [-0.2, 0) is 17.8 Å². The molecule has 0 unspecified atom stereocenters. The second-order valence-electron chi connectivity index (χ2n) is 6.60. The number of halogens is 2. The summed E-state index contributed by atoms with van der Waals surface area (Å²) in [6.07, 6.45) is 6.08. The number of hydrogen-bond donors (Lipinski definition) is 1. The molecule has 4 nitrogen and oxygen atoms in total. The molecule has 6 heteroatoms. The normalized spacial score (nSPS) is 14.3. The minimum absolute atomic E-state index is 0.130. The molecule has 1 saturated heterocycles. The van der Waals surface area contributed by atoms with Gasteiger partial charge in [0.05, 0.1) is 0 Å². The van der Waals surface area contributed by atoms with Crippen molar-refractivity contribution in [3.8, 4) is 0 Å². The Morgan fingerprint density at radius 3 is 2.50 bits per heavy atom. The van der Waals surface area contributed by atoms with Crippen LogP contribution in [0.3, 0.4) is 0 Å². The third-order valence-electron chi connectivity index (χ3n) is 4.60. The molecule has 0 atom stereocenters. The van der Waals surface area contributed by atoms with Crippen LogP contribution in [0.2, 0.25) is 0 Å². The molecule has 0 saturated carbocycles. The van der Waals surface area contributed by atoms with Gasteiger partial charge in [-0.15, -0.1) is 0 Å². The van der Waals surface area contributed by atoms with Crippen molar-refractivity contribution >= 4 is 11.7 Å². The molecular weight excluding hydrogens is 336 g/mol.